The molecule has 0 unspecified atom stereocenters. The highest BCUT2D eigenvalue weighted by molar-refractivity contribution is 5.76. The van der Waals surface area contributed by atoms with Crippen molar-refractivity contribution in [2.75, 3.05) is 6.54 Å². The molecule has 0 amide bonds. The number of benzene rings is 2. The maximum atomic E-state index is 8.89. The molecule has 7 heteroatoms. The van der Waals surface area contributed by atoms with Crippen LogP contribution in [0.2, 0.25) is 0 Å². The average molecular weight is 367 g/mol. The Kier molecular flexibility index (Phi) is 9.45. The highest BCUT2D eigenvalue weighted by Gasteiger charge is 1.89. The third-order valence-corrected chi connectivity index (χ3v) is 3.23. The van der Waals surface area contributed by atoms with E-state index >= 15 is 0 Å². The Morgan fingerprint density at radius 2 is 1.63 bits per heavy atom. The summed E-state index contributed by atoms with van der Waals surface area (Å²) in [6.07, 6.45) is 5.50. The van der Waals surface area contributed by atoms with E-state index in [0.717, 1.165) is 12.0 Å². The zero-order valence-corrected chi connectivity index (χ0v) is 15.0. The van der Waals surface area contributed by atoms with E-state index < -0.39 is 0 Å². The Labute approximate surface area is 158 Å². The minimum atomic E-state index is 0.237. The lowest BCUT2D eigenvalue weighted by atomic mass is 10.1. The van der Waals surface area contributed by atoms with Crippen molar-refractivity contribution in [2.45, 2.75) is 6.42 Å². The van der Waals surface area contributed by atoms with Gasteiger partial charge in [-0.25, -0.2) is 4.68 Å². The van der Waals surface area contributed by atoms with Gasteiger partial charge in [-0.2, -0.15) is 5.10 Å². The third-order valence-electron chi connectivity index (χ3n) is 3.23. The molecule has 0 fully saturated rings. The fraction of sp³-hybridized carbons (Fsp3) is 0.100. The van der Waals surface area contributed by atoms with Crippen LogP contribution < -0.4 is 11.5 Å². The number of phenolic OH excluding ortho intramolecular Hbond substituents is 2. The molecule has 0 aliphatic heterocycles. The molecule has 0 atom stereocenters. The quantitative estimate of drug-likeness (QED) is 0.452. The maximum absolute atomic E-state index is 8.89. The van der Waals surface area contributed by atoms with Crippen LogP contribution in [0.3, 0.4) is 0 Å². The van der Waals surface area contributed by atoms with Crippen molar-refractivity contribution in [1.29, 1.82) is 5.41 Å². The summed E-state index contributed by atoms with van der Waals surface area (Å²) in [6.45, 7) is 4.13. The maximum Gasteiger partial charge on any atom is 0.117 e. The molecular formula is C20H25N5O2. The van der Waals surface area contributed by atoms with Crippen molar-refractivity contribution in [1.82, 2.24) is 9.78 Å². The summed E-state index contributed by atoms with van der Waals surface area (Å²) < 4.78 is 1.50. The van der Waals surface area contributed by atoms with Gasteiger partial charge in [0.05, 0.1) is 0 Å². The fourth-order valence-electron chi connectivity index (χ4n) is 1.84. The average Bonchev–Trinajstić information content (AvgIpc) is 3.21. The van der Waals surface area contributed by atoms with E-state index in [9.17, 15) is 0 Å². The molecule has 7 nitrogen and oxygen atoms in total. The van der Waals surface area contributed by atoms with Crippen molar-refractivity contribution in [3.63, 3.8) is 0 Å². The lowest BCUT2D eigenvalue weighted by molar-refractivity contribution is 0.474. The summed E-state index contributed by atoms with van der Waals surface area (Å²) in [7, 11) is 0. The molecule has 0 radical (unpaired) electrons. The Balaban J connectivity index is 0.000000204. The van der Waals surface area contributed by atoms with Gasteiger partial charge in [0.2, 0.25) is 0 Å². The highest BCUT2D eigenvalue weighted by Crippen LogP contribution is 2.09. The van der Waals surface area contributed by atoms with Crippen molar-refractivity contribution in [3.8, 4) is 11.5 Å². The number of hydrogen-bond acceptors (Lipinski definition) is 6. The lowest BCUT2D eigenvalue weighted by Crippen LogP contribution is -2.03. The van der Waals surface area contributed by atoms with Crippen LogP contribution in [0.15, 0.2) is 73.6 Å². The first-order valence-electron chi connectivity index (χ1n) is 8.18. The molecule has 7 N–H and O–H groups in total. The summed E-state index contributed by atoms with van der Waals surface area (Å²) >= 11 is 0. The molecule has 0 saturated carbocycles. The van der Waals surface area contributed by atoms with Crippen LogP contribution in [0.1, 0.15) is 11.1 Å². The molecule has 1 heterocycles. The Morgan fingerprint density at radius 3 is 2.00 bits per heavy atom. The van der Waals surface area contributed by atoms with E-state index in [-0.39, 0.29) is 5.75 Å². The van der Waals surface area contributed by atoms with Crippen LogP contribution in [-0.2, 0) is 6.42 Å². The predicted molar refractivity (Wildman–Crippen MR) is 109 cm³/mol. The summed E-state index contributed by atoms with van der Waals surface area (Å²) in [4.78, 5) is 0. The van der Waals surface area contributed by atoms with E-state index in [1.165, 1.54) is 16.5 Å². The first-order chi connectivity index (χ1) is 13.0. The number of nitrogens with zero attached hydrogens (tertiary/aromatic N) is 2. The van der Waals surface area contributed by atoms with Gasteiger partial charge in [0.15, 0.2) is 0 Å². The van der Waals surface area contributed by atoms with Crippen LogP contribution in [0.5, 0.6) is 11.5 Å². The largest absolute Gasteiger partial charge is 0.508 e. The SMILES string of the molecule is C=C(N)n1cccn1.N=Cc1ccc(O)cc1.NCCc1ccc(O)cc1. The number of nitrogens with two attached hydrogens (primary N) is 2. The Bertz CT molecular complexity index is 797. The van der Waals surface area contributed by atoms with E-state index in [0.29, 0.717) is 18.1 Å². The second-order valence-corrected chi connectivity index (χ2v) is 5.38. The summed E-state index contributed by atoms with van der Waals surface area (Å²) in [6, 6.07) is 15.4. The first kappa shape index (κ1) is 21.5. The van der Waals surface area contributed by atoms with Crippen LogP contribution in [0.4, 0.5) is 0 Å². The second-order valence-electron chi connectivity index (χ2n) is 5.38. The number of phenols is 2. The van der Waals surface area contributed by atoms with Gasteiger partial charge in [0, 0.05) is 18.6 Å². The minimum absolute atomic E-state index is 0.237. The number of aromatic nitrogens is 2. The van der Waals surface area contributed by atoms with Crippen molar-refractivity contribution < 1.29 is 10.2 Å². The summed E-state index contributed by atoms with van der Waals surface area (Å²) in [5, 5.41) is 28.3. The predicted octanol–water partition coefficient (Wildman–Crippen LogP) is 2.55. The topological polar surface area (TPSA) is 134 Å². The summed E-state index contributed by atoms with van der Waals surface area (Å²) in [5.41, 5.74) is 12.6. The highest BCUT2D eigenvalue weighted by atomic mass is 16.3. The van der Waals surface area contributed by atoms with E-state index in [1.807, 2.05) is 12.1 Å². The van der Waals surface area contributed by atoms with Crippen molar-refractivity contribution in [3.05, 3.63) is 84.7 Å². The van der Waals surface area contributed by atoms with Gasteiger partial charge in [-0.1, -0.05) is 18.7 Å². The number of rotatable bonds is 4. The van der Waals surface area contributed by atoms with Crippen LogP contribution in [0, 0.1) is 5.41 Å². The number of aromatic hydroxyl groups is 2. The molecule has 2 aromatic carbocycles. The van der Waals surface area contributed by atoms with E-state index in [4.69, 9.17) is 27.1 Å². The standard InChI is InChI=1S/C8H11NO.C7H7NO.C5H7N3/c9-6-5-7-1-3-8(10)4-2-7;8-5-6-1-3-7(9)4-2-6;1-5(6)8-4-2-3-7-8/h1-4,10H,5-6,9H2;1-5,8-9H;2-4H,1,6H2. The smallest absolute Gasteiger partial charge is 0.117 e. The van der Waals surface area contributed by atoms with Gasteiger partial charge in [0.1, 0.15) is 17.3 Å². The van der Waals surface area contributed by atoms with Gasteiger partial charge in [-0.05, 0) is 66.6 Å². The van der Waals surface area contributed by atoms with Gasteiger partial charge in [0.25, 0.3) is 0 Å². The molecular weight excluding hydrogens is 342 g/mol. The van der Waals surface area contributed by atoms with Gasteiger partial charge >= 0.3 is 0 Å². The third kappa shape index (κ3) is 8.89. The zero-order valence-electron chi connectivity index (χ0n) is 15.0. The molecule has 27 heavy (non-hydrogen) atoms. The van der Waals surface area contributed by atoms with Crippen molar-refractivity contribution >= 4 is 12.0 Å². The van der Waals surface area contributed by atoms with Gasteiger partial charge in [-0.15, -0.1) is 0 Å². The normalized spacial score (nSPS) is 9.22. The molecule has 3 rings (SSSR count). The number of hydrogen-bond donors (Lipinski definition) is 5. The Hall–Kier alpha value is -3.58. The van der Waals surface area contributed by atoms with Crippen molar-refractivity contribution in [2.24, 2.45) is 11.5 Å². The van der Waals surface area contributed by atoms with Crippen LogP contribution >= 0.6 is 0 Å². The number of nitrogens with one attached hydrogen (secondary N) is 1. The van der Waals surface area contributed by atoms with E-state index in [2.05, 4.69) is 11.7 Å². The fourth-order valence-corrected chi connectivity index (χ4v) is 1.84. The first-order valence-corrected chi connectivity index (χ1v) is 8.18. The molecule has 1 aromatic heterocycles. The van der Waals surface area contributed by atoms with Gasteiger partial charge < -0.3 is 27.1 Å². The molecule has 0 bridgehead atoms. The van der Waals surface area contributed by atoms with Crippen LogP contribution in [-0.4, -0.2) is 32.8 Å². The minimum Gasteiger partial charge on any atom is -0.508 e. The Morgan fingerprint density at radius 1 is 1.07 bits per heavy atom. The monoisotopic (exact) mass is 367 g/mol. The molecule has 0 aliphatic carbocycles. The molecule has 0 aliphatic rings. The van der Waals surface area contributed by atoms with Crippen LogP contribution in [0.25, 0.3) is 5.82 Å². The molecule has 3 aromatic rings. The molecule has 142 valence electrons. The summed E-state index contributed by atoms with van der Waals surface area (Å²) in [5.74, 6) is 0.983. The zero-order chi connectivity index (χ0) is 20.1. The second kappa shape index (κ2) is 11.9. The van der Waals surface area contributed by atoms with Gasteiger partial charge in [-0.3, -0.25) is 0 Å². The molecule has 0 spiro atoms. The van der Waals surface area contributed by atoms with E-state index in [1.54, 1.807) is 54.9 Å². The molecule has 0 saturated heterocycles. The lowest BCUT2D eigenvalue weighted by Gasteiger charge is -1.96.